The number of amides is 4. The molecule has 0 radical (unpaired) electrons. The van der Waals surface area contributed by atoms with E-state index in [4.69, 9.17) is 14.2 Å². The summed E-state index contributed by atoms with van der Waals surface area (Å²) in [6.45, 7) is 9.93. The predicted octanol–water partition coefficient (Wildman–Crippen LogP) is 5.80. The number of hydrogen-bond donors (Lipinski definition) is 1. The summed E-state index contributed by atoms with van der Waals surface area (Å²) in [6.07, 6.45) is -2.03. The van der Waals surface area contributed by atoms with E-state index in [1.165, 1.54) is 7.11 Å². The maximum absolute atomic E-state index is 15.0. The third kappa shape index (κ3) is 6.48. The molecule has 4 amide bonds. The number of benzene rings is 3. The van der Waals surface area contributed by atoms with Crippen LogP contribution in [-0.2, 0) is 26.4 Å². The van der Waals surface area contributed by atoms with Crippen LogP contribution in [0.15, 0.2) is 78.9 Å². The molecular formula is C33H37N3O7. The summed E-state index contributed by atoms with van der Waals surface area (Å²) in [5, 5.41) is 0.833. The first kappa shape index (κ1) is 31.1. The normalized spacial score (nSPS) is 16.7. The summed E-state index contributed by atoms with van der Waals surface area (Å²) in [5.74, 6) is -0.821. The molecule has 0 fully saturated rings. The second-order valence-electron chi connectivity index (χ2n) is 12.1. The lowest BCUT2D eigenvalue weighted by molar-refractivity contribution is -0.143. The van der Waals surface area contributed by atoms with E-state index in [2.05, 4.69) is 5.43 Å². The van der Waals surface area contributed by atoms with Crippen molar-refractivity contribution in [2.75, 3.05) is 7.11 Å². The maximum Gasteiger partial charge on any atom is 0.431 e. The number of rotatable bonds is 5. The van der Waals surface area contributed by atoms with Gasteiger partial charge in [0.05, 0.1) is 13.7 Å². The van der Waals surface area contributed by atoms with Crippen LogP contribution in [0.2, 0.25) is 0 Å². The molecule has 3 aromatic rings. The molecular weight excluding hydrogens is 550 g/mol. The van der Waals surface area contributed by atoms with Gasteiger partial charge < -0.3 is 14.2 Å². The Morgan fingerprint density at radius 2 is 1.40 bits per heavy atom. The van der Waals surface area contributed by atoms with Gasteiger partial charge in [0.25, 0.3) is 11.8 Å². The first-order valence-electron chi connectivity index (χ1n) is 13.8. The second kappa shape index (κ2) is 11.8. The highest BCUT2D eigenvalue weighted by molar-refractivity contribution is 6.15. The number of fused-ring (bicyclic) bond motifs is 1. The average molecular weight is 588 g/mol. The number of ether oxygens (including phenoxy) is 3. The van der Waals surface area contributed by atoms with E-state index in [1.54, 1.807) is 114 Å². The van der Waals surface area contributed by atoms with Gasteiger partial charge in [-0.05, 0) is 70.9 Å². The Morgan fingerprint density at radius 3 is 1.98 bits per heavy atom. The van der Waals surface area contributed by atoms with Crippen molar-refractivity contribution >= 4 is 24.0 Å². The average Bonchev–Trinajstić information content (AvgIpc) is 2.94. The van der Waals surface area contributed by atoms with E-state index >= 15 is 0 Å². The van der Waals surface area contributed by atoms with Gasteiger partial charge >= 0.3 is 12.2 Å². The van der Waals surface area contributed by atoms with Crippen LogP contribution in [0.4, 0.5) is 9.59 Å². The first-order chi connectivity index (χ1) is 20.2. The van der Waals surface area contributed by atoms with Crippen molar-refractivity contribution in [2.45, 2.75) is 64.8 Å². The van der Waals surface area contributed by atoms with Gasteiger partial charge in [0.1, 0.15) is 17.0 Å². The van der Waals surface area contributed by atoms with E-state index in [1.807, 2.05) is 6.07 Å². The van der Waals surface area contributed by atoms with Gasteiger partial charge in [-0.25, -0.2) is 15.0 Å². The molecule has 0 aromatic heterocycles. The minimum atomic E-state index is -2.09. The Balaban J connectivity index is 2.04. The number of methoxy groups -OCH3 is 1. The number of carbonyl (C=O) groups is 4. The summed E-state index contributed by atoms with van der Waals surface area (Å²) in [6, 6.07) is 22.0. The van der Waals surface area contributed by atoms with Crippen molar-refractivity contribution in [2.24, 2.45) is 0 Å². The van der Waals surface area contributed by atoms with Gasteiger partial charge in [-0.3, -0.25) is 14.5 Å². The third-order valence-corrected chi connectivity index (χ3v) is 6.55. The molecule has 1 aliphatic heterocycles. The van der Waals surface area contributed by atoms with Crippen LogP contribution in [0.5, 0.6) is 5.75 Å². The summed E-state index contributed by atoms with van der Waals surface area (Å²) >= 11 is 0. The zero-order chi connectivity index (χ0) is 31.6. The molecule has 1 heterocycles. The first-order valence-corrected chi connectivity index (χ1v) is 13.8. The van der Waals surface area contributed by atoms with Crippen molar-refractivity contribution in [3.05, 3.63) is 101 Å². The summed E-state index contributed by atoms with van der Waals surface area (Å²) in [4.78, 5) is 57.4. The number of carbonyl (C=O) groups excluding carboxylic acids is 4. The fourth-order valence-corrected chi connectivity index (χ4v) is 4.87. The highest BCUT2D eigenvalue weighted by atomic mass is 16.6. The molecule has 3 aromatic carbocycles. The molecule has 10 heteroatoms. The van der Waals surface area contributed by atoms with Crippen LogP contribution in [0.1, 0.15) is 68.6 Å². The van der Waals surface area contributed by atoms with E-state index in [9.17, 15) is 19.2 Å². The van der Waals surface area contributed by atoms with Crippen LogP contribution < -0.4 is 10.2 Å². The van der Waals surface area contributed by atoms with E-state index in [-0.39, 0.29) is 23.2 Å². The van der Waals surface area contributed by atoms with Crippen LogP contribution in [0.3, 0.4) is 0 Å². The summed E-state index contributed by atoms with van der Waals surface area (Å²) in [7, 11) is 1.50. The van der Waals surface area contributed by atoms with Crippen LogP contribution >= 0.6 is 0 Å². The van der Waals surface area contributed by atoms with Crippen LogP contribution in [0.25, 0.3) is 0 Å². The smallest absolute Gasteiger partial charge is 0.431 e. The van der Waals surface area contributed by atoms with Gasteiger partial charge in [0.15, 0.2) is 5.54 Å². The molecule has 0 unspecified atom stereocenters. The van der Waals surface area contributed by atoms with Crippen molar-refractivity contribution in [1.29, 1.82) is 0 Å². The van der Waals surface area contributed by atoms with Gasteiger partial charge in [0, 0.05) is 11.1 Å². The quantitative estimate of drug-likeness (QED) is 0.297. The van der Waals surface area contributed by atoms with Crippen molar-refractivity contribution in [3.8, 4) is 5.75 Å². The Hall–Kier alpha value is -4.86. The van der Waals surface area contributed by atoms with Crippen molar-refractivity contribution in [1.82, 2.24) is 15.3 Å². The Kier molecular flexibility index (Phi) is 8.52. The molecule has 10 nitrogen and oxygen atoms in total. The minimum absolute atomic E-state index is 0.0840. The third-order valence-electron chi connectivity index (χ3n) is 6.55. The number of imide groups is 1. The lowest BCUT2D eigenvalue weighted by Gasteiger charge is -2.47. The number of nitrogens with one attached hydrogen (secondary N) is 1. The fraction of sp³-hybridized carbons (Fsp3) is 0.333. The number of hydrogen-bond acceptors (Lipinski definition) is 7. The second-order valence-corrected chi connectivity index (χ2v) is 12.1. The largest absolute Gasteiger partial charge is 0.497 e. The standard InChI is InChI=1S/C33H37N3O7/c1-31(2,3)42-29(39)34-36(30(40)43-32(4,5)6)33(23-17-19-24(41-7)20-18-23)26-16-12-11-15-25(26)27(37)35(28(33)38)21-22-13-9-8-10-14-22/h8-20H,21H2,1-7H3,(H,34,39)/t33-/m0/s1. The van der Waals surface area contributed by atoms with Crippen LogP contribution in [0, 0.1) is 0 Å². The highest BCUT2D eigenvalue weighted by Gasteiger charge is 2.59. The molecule has 0 bridgehead atoms. The molecule has 4 rings (SSSR count). The Bertz CT molecular complexity index is 1510. The predicted molar refractivity (Wildman–Crippen MR) is 159 cm³/mol. The lowest BCUT2D eigenvalue weighted by Crippen LogP contribution is -2.68. The zero-order valence-corrected chi connectivity index (χ0v) is 25.5. The summed E-state index contributed by atoms with van der Waals surface area (Å²) < 4.78 is 16.6. The monoisotopic (exact) mass is 587 g/mol. The van der Waals surface area contributed by atoms with E-state index in [0.29, 0.717) is 11.3 Å². The van der Waals surface area contributed by atoms with Crippen LogP contribution in [-0.4, -0.2) is 52.2 Å². The Morgan fingerprint density at radius 1 is 0.814 bits per heavy atom. The molecule has 0 saturated carbocycles. The zero-order valence-electron chi connectivity index (χ0n) is 25.5. The lowest BCUT2D eigenvalue weighted by atomic mass is 9.75. The van der Waals surface area contributed by atoms with Crippen molar-refractivity contribution < 1.29 is 33.4 Å². The maximum atomic E-state index is 15.0. The Labute approximate surface area is 251 Å². The van der Waals surface area contributed by atoms with Crippen molar-refractivity contribution in [3.63, 3.8) is 0 Å². The molecule has 226 valence electrons. The highest BCUT2D eigenvalue weighted by Crippen LogP contribution is 2.44. The molecule has 0 saturated heterocycles. The molecule has 1 atom stereocenters. The van der Waals surface area contributed by atoms with Gasteiger partial charge in [-0.1, -0.05) is 60.7 Å². The topological polar surface area (TPSA) is 114 Å². The van der Waals surface area contributed by atoms with Gasteiger partial charge in [0.2, 0.25) is 0 Å². The van der Waals surface area contributed by atoms with E-state index < -0.39 is 40.7 Å². The van der Waals surface area contributed by atoms with Gasteiger partial charge in [-0.15, -0.1) is 0 Å². The summed E-state index contributed by atoms with van der Waals surface area (Å²) in [5.41, 5.74) is -0.198. The van der Waals surface area contributed by atoms with Gasteiger partial charge in [-0.2, -0.15) is 5.01 Å². The van der Waals surface area contributed by atoms with E-state index in [0.717, 1.165) is 9.91 Å². The molecule has 0 spiro atoms. The fourth-order valence-electron chi connectivity index (χ4n) is 4.87. The molecule has 1 N–H and O–H groups in total. The minimum Gasteiger partial charge on any atom is -0.497 e. The number of hydrazine groups is 1. The SMILES string of the molecule is COc1ccc([C@@]2(N(NC(=O)OC(C)(C)C)C(=O)OC(C)(C)C)C(=O)N(Cc3ccccc3)C(=O)c3ccccc32)cc1. The number of nitrogens with zero attached hydrogens (tertiary/aromatic N) is 2. The molecule has 1 aliphatic rings. The molecule has 43 heavy (non-hydrogen) atoms. The molecule has 0 aliphatic carbocycles.